The van der Waals surface area contributed by atoms with Crippen molar-refractivity contribution < 1.29 is 14.3 Å². The molecule has 8 nitrogen and oxygen atoms in total. The third-order valence-corrected chi connectivity index (χ3v) is 9.38. The number of benzene rings is 3. The Balaban J connectivity index is 1.55. The molecule has 2 aromatic heterocycles. The van der Waals surface area contributed by atoms with Crippen molar-refractivity contribution in [2.24, 2.45) is 4.99 Å². The van der Waals surface area contributed by atoms with E-state index < -0.39 is 12.0 Å². The molecule has 0 N–H and O–H groups in total. The fourth-order valence-electron chi connectivity index (χ4n) is 5.48. The number of rotatable bonds is 8. The van der Waals surface area contributed by atoms with Crippen molar-refractivity contribution in [1.29, 1.82) is 0 Å². The highest BCUT2D eigenvalue weighted by molar-refractivity contribution is 7.98. The van der Waals surface area contributed by atoms with Crippen LogP contribution in [0, 0.1) is 6.92 Å². The fraction of sp³-hybridized carbons (Fsp3) is 0.200. The van der Waals surface area contributed by atoms with Gasteiger partial charge in [0.25, 0.3) is 5.56 Å². The third kappa shape index (κ3) is 5.79. The Morgan fingerprint density at radius 1 is 1.07 bits per heavy atom. The van der Waals surface area contributed by atoms with Crippen LogP contribution in [0.3, 0.4) is 0 Å². The van der Waals surface area contributed by atoms with Crippen LogP contribution in [0.25, 0.3) is 23.0 Å². The van der Waals surface area contributed by atoms with Crippen LogP contribution in [0.2, 0.25) is 0 Å². The average molecular weight is 637 g/mol. The zero-order chi connectivity index (χ0) is 31.7. The number of aromatic nitrogens is 3. The van der Waals surface area contributed by atoms with Crippen LogP contribution in [0.15, 0.2) is 105 Å². The molecule has 5 aromatic rings. The van der Waals surface area contributed by atoms with Gasteiger partial charge in [0.05, 0.1) is 41.2 Å². The summed E-state index contributed by atoms with van der Waals surface area (Å²) in [6, 6.07) is 23.0. The molecule has 228 valence electrons. The molecule has 0 amide bonds. The second kappa shape index (κ2) is 12.7. The van der Waals surface area contributed by atoms with Gasteiger partial charge in [0.1, 0.15) is 11.4 Å². The van der Waals surface area contributed by atoms with E-state index in [9.17, 15) is 9.59 Å². The van der Waals surface area contributed by atoms with Gasteiger partial charge in [-0.15, -0.1) is 11.8 Å². The largest absolute Gasteiger partial charge is 0.494 e. The SMILES string of the molecule is CCOc1ccc(-c2nn(-c3ccccc3)cc2C=c2sc3n(c2=O)C(c2ccc(SC)cc2)C(C(=O)OC)=C(C)N=3)cc1C. The summed E-state index contributed by atoms with van der Waals surface area (Å²) < 4.78 is 14.8. The summed E-state index contributed by atoms with van der Waals surface area (Å²) in [4.78, 5) is 33.6. The van der Waals surface area contributed by atoms with Crippen molar-refractivity contribution in [3.05, 3.63) is 127 Å². The molecule has 0 bridgehead atoms. The number of hydrogen-bond acceptors (Lipinski definition) is 8. The number of aryl methyl sites for hydroxylation is 1. The quantitative estimate of drug-likeness (QED) is 0.161. The zero-order valence-electron chi connectivity index (χ0n) is 25.6. The van der Waals surface area contributed by atoms with Crippen molar-refractivity contribution >= 4 is 35.1 Å². The minimum atomic E-state index is -0.674. The summed E-state index contributed by atoms with van der Waals surface area (Å²) in [6.45, 7) is 6.33. The first kappa shape index (κ1) is 30.4. The summed E-state index contributed by atoms with van der Waals surface area (Å²) in [5.74, 6) is 0.308. The molecule has 1 aliphatic heterocycles. The number of para-hydroxylation sites is 1. The van der Waals surface area contributed by atoms with Crippen molar-refractivity contribution in [2.45, 2.75) is 31.7 Å². The number of thiazole rings is 1. The zero-order valence-corrected chi connectivity index (χ0v) is 27.2. The Labute approximate surface area is 269 Å². The number of ether oxygens (including phenoxy) is 2. The monoisotopic (exact) mass is 636 g/mol. The maximum absolute atomic E-state index is 14.2. The summed E-state index contributed by atoms with van der Waals surface area (Å²) >= 11 is 2.92. The lowest BCUT2D eigenvalue weighted by atomic mass is 9.96. The van der Waals surface area contributed by atoms with Crippen LogP contribution in [-0.2, 0) is 9.53 Å². The second-order valence-corrected chi connectivity index (χ2v) is 12.4. The van der Waals surface area contributed by atoms with Crippen molar-refractivity contribution in [2.75, 3.05) is 20.0 Å². The van der Waals surface area contributed by atoms with E-state index in [2.05, 4.69) is 0 Å². The van der Waals surface area contributed by atoms with Gasteiger partial charge in [0.2, 0.25) is 0 Å². The van der Waals surface area contributed by atoms with Gasteiger partial charge in [0, 0.05) is 22.2 Å². The highest BCUT2D eigenvalue weighted by Gasteiger charge is 2.33. The van der Waals surface area contributed by atoms with E-state index in [-0.39, 0.29) is 5.56 Å². The Morgan fingerprint density at radius 2 is 1.82 bits per heavy atom. The van der Waals surface area contributed by atoms with Crippen LogP contribution in [-0.4, -0.2) is 40.3 Å². The lowest BCUT2D eigenvalue weighted by Crippen LogP contribution is -2.39. The molecule has 45 heavy (non-hydrogen) atoms. The third-order valence-electron chi connectivity index (χ3n) is 7.66. The Morgan fingerprint density at radius 3 is 2.49 bits per heavy atom. The molecule has 6 rings (SSSR count). The highest BCUT2D eigenvalue weighted by atomic mass is 32.2. The minimum absolute atomic E-state index is 0.243. The van der Waals surface area contributed by atoms with E-state index in [4.69, 9.17) is 19.6 Å². The molecule has 10 heteroatoms. The number of allylic oxidation sites excluding steroid dienone is 1. The number of methoxy groups -OCH3 is 1. The first-order chi connectivity index (χ1) is 21.8. The van der Waals surface area contributed by atoms with E-state index in [1.54, 1.807) is 23.3 Å². The highest BCUT2D eigenvalue weighted by Crippen LogP contribution is 2.32. The first-order valence-corrected chi connectivity index (χ1v) is 16.5. The fourth-order valence-corrected chi connectivity index (χ4v) is 6.93. The predicted molar refractivity (Wildman–Crippen MR) is 179 cm³/mol. The maximum Gasteiger partial charge on any atom is 0.338 e. The topological polar surface area (TPSA) is 87.7 Å². The summed E-state index contributed by atoms with van der Waals surface area (Å²) in [5, 5.41) is 4.96. The molecule has 0 spiro atoms. The normalized spacial score (nSPS) is 14.7. The van der Waals surface area contributed by atoms with E-state index in [0.717, 1.165) is 44.3 Å². The number of carbonyl (C=O) groups is 1. The van der Waals surface area contributed by atoms with Crippen LogP contribution >= 0.6 is 23.1 Å². The molecule has 1 unspecified atom stereocenters. The Kier molecular flexibility index (Phi) is 8.60. The number of fused-ring (bicyclic) bond motifs is 1. The second-order valence-electron chi connectivity index (χ2n) is 10.5. The molecule has 0 saturated heterocycles. The molecule has 0 aliphatic carbocycles. The number of nitrogens with zero attached hydrogens (tertiary/aromatic N) is 4. The standard InChI is InChI=1S/C35H32N4O4S2/c1-6-43-28-17-14-24(18-21(28)2)31-25(20-38(37-31)26-10-8-7-9-11-26)19-29-33(40)39-32(23-12-15-27(44-5)16-13-23)30(34(41)42-4)22(3)36-35(39)45-29/h7-20,32H,6H2,1-5H3. The van der Waals surface area contributed by atoms with Gasteiger partial charge in [-0.05, 0) is 86.7 Å². The van der Waals surface area contributed by atoms with Gasteiger partial charge >= 0.3 is 5.97 Å². The van der Waals surface area contributed by atoms with Gasteiger partial charge in [-0.25, -0.2) is 14.5 Å². The molecule has 3 aromatic carbocycles. The van der Waals surface area contributed by atoms with Crippen LogP contribution in [0.5, 0.6) is 5.75 Å². The molecule has 0 radical (unpaired) electrons. The van der Waals surface area contributed by atoms with Gasteiger partial charge in [-0.2, -0.15) is 5.10 Å². The maximum atomic E-state index is 14.2. The van der Waals surface area contributed by atoms with Crippen molar-refractivity contribution in [1.82, 2.24) is 14.3 Å². The summed E-state index contributed by atoms with van der Waals surface area (Å²) in [5.41, 5.74) is 5.73. The number of esters is 1. The van der Waals surface area contributed by atoms with E-state index in [0.29, 0.717) is 27.2 Å². The smallest absolute Gasteiger partial charge is 0.338 e. The van der Waals surface area contributed by atoms with Gasteiger partial charge in [-0.3, -0.25) is 9.36 Å². The average Bonchev–Trinajstić information content (AvgIpc) is 3.62. The van der Waals surface area contributed by atoms with Crippen molar-refractivity contribution in [3.8, 4) is 22.7 Å². The summed E-state index contributed by atoms with van der Waals surface area (Å²) in [7, 11) is 1.34. The predicted octanol–water partition coefficient (Wildman–Crippen LogP) is 5.69. The van der Waals surface area contributed by atoms with E-state index >= 15 is 0 Å². The van der Waals surface area contributed by atoms with Crippen LogP contribution < -0.4 is 19.6 Å². The molecular weight excluding hydrogens is 605 g/mol. The molecule has 3 heterocycles. The Bertz CT molecular complexity index is 2110. The van der Waals surface area contributed by atoms with Crippen LogP contribution in [0.1, 0.15) is 36.6 Å². The van der Waals surface area contributed by atoms with E-state index in [1.165, 1.54) is 18.4 Å². The van der Waals surface area contributed by atoms with Crippen LogP contribution in [0.4, 0.5) is 0 Å². The minimum Gasteiger partial charge on any atom is -0.494 e. The number of hydrogen-bond donors (Lipinski definition) is 0. The van der Waals surface area contributed by atoms with E-state index in [1.807, 2.05) is 110 Å². The first-order valence-electron chi connectivity index (χ1n) is 14.5. The summed E-state index contributed by atoms with van der Waals surface area (Å²) in [6.07, 6.45) is 5.80. The molecular formula is C35H32N4O4S2. The lowest BCUT2D eigenvalue weighted by Gasteiger charge is -2.24. The number of carbonyl (C=O) groups excluding carboxylic acids is 1. The molecule has 1 atom stereocenters. The Hall–Kier alpha value is -4.67. The van der Waals surface area contributed by atoms with Gasteiger partial charge in [0.15, 0.2) is 4.80 Å². The van der Waals surface area contributed by atoms with Gasteiger partial charge in [-0.1, -0.05) is 41.7 Å². The van der Waals surface area contributed by atoms with Crippen molar-refractivity contribution in [3.63, 3.8) is 0 Å². The van der Waals surface area contributed by atoms with Gasteiger partial charge < -0.3 is 9.47 Å². The molecule has 1 aliphatic rings. The number of thioether (sulfide) groups is 1. The molecule has 0 saturated carbocycles. The lowest BCUT2D eigenvalue weighted by molar-refractivity contribution is -0.136. The molecule has 0 fully saturated rings.